The van der Waals surface area contributed by atoms with Gasteiger partial charge < -0.3 is 14.8 Å². The van der Waals surface area contributed by atoms with E-state index in [2.05, 4.69) is 33.0 Å². The lowest BCUT2D eigenvalue weighted by molar-refractivity contribution is -0.0555. The van der Waals surface area contributed by atoms with Crippen molar-refractivity contribution in [3.8, 4) is 0 Å². The minimum atomic E-state index is 0.215. The molecule has 3 heteroatoms. The van der Waals surface area contributed by atoms with E-state index in [0.717, 1.165) is 45.8 Å². The molecule has 3 nitrogen and oxygen atoms in total. The minimum absolute atomic E-state index is 0.215. The van der Waals surface area contributed by atoms with Crippen LogP contribution in [0.1, 0.15) is 40.5 Å². The zero-order valence-electron chi connectivity index (χ0n) is 11.9. The normalized spacial score (nSPS) is 18.9. The maximum Gasteiger partial charge on any atom is 0.0619 e. The van der Waals surface area contributed by atoms with Crippen LogP contribution in [0.2, 0.25) is 0 Å². The van der Waals surface area contributed by atoms with Crippen LogP contribution in [0.4, 0.5) is 0 Å². The van der Waals surface area contributed by atoms with Crippen molar-refractivity contribution in [2.45, 2.75) is 46.6 Å². The topological polar surface area (TPSA) is 30.5 Å². The second-order valence-electron chi connectivity index (χ2n) is 6.31. The summed E-state index contributed by atoms with van der Waals surface area (Å²) in [6, 6.07) is 0. The number of hydrogen-bond acceptors (Lipinski definition) is 3. The first-order valence-electron chi connectivity index (χ1n) is 6.90. The predicted octanol–water partition coefficient (Wildman–Crippen LogP) is 2.45. The lowest BCUT2D eigenvalue weighted by atomic mass is 9.94. The van der Waals surface area contributed by atoms with Gasteiger partial charge in [-0.2, -0.15) is 0 Å². The average Bonchev–Trinajstić information content (AvgIpc) is 2.27. The van der Waals surface area contributed by atoms with Gasteiger partial charge >= 0.3 is 0 Å². The molecule has 0 aliphatic carbocycles. The number of ether oxygens (including phenoxy) is 2. The molecule has 1 heterocycles. The molecule has 1 fully saturated rings. The van der Waals surface area contributed by atoms with Crippen LogP contribution in [0.15, 0.2) is 0 Å². The highest BCUT2D eigenvalue weighted by Gasteiger charge is 2.21. The van der Waals surface area contributed by atoms with Crippen molar-refractivity contribution in [3.05, 3.63) is 0 Å². The molecule has 0 unspecified atom stereocenters. The van der Waals surface area contributed by atoms with Crippen molar-refractivity contribution in [1.29, 1.82) is 0 Å². The SMILES string of the molecule is CC(C)CNCC(C)(C)COC1CCOCC1. The number of nitrogens with one attached hydrogen (secondary N) is 1. The molecule has 0 bridgehead atoms. The van der Waals surface area contributed by atoms with Crippen LogP contribution in [0.25, 0.3) is 0 Å². The van der Waals surface area contributed by atoms with Gasteiger partial charge in [0.05, 0.1) is 12.7 Å². The summed E-state index contributed by atoms with van der Waals surface area (Å²) >= 11 is 0. The third-order valence-corrected chi connectivity index (χ3v) is 3.03. The van der Waals surface area contributed by atoms with E-state index in [4.69, 9.17) is 9.47 Å². The quantitative estimate of drug-likeness (QED) is 0.745. The summed E-state index contributed by atoms with van der Waals surface area (Å²) < 4.78 is 11.3. The molecule has 0 spiro atoms. The van der Waals surface area contributed by atoms with Gasteiger partial charge in [-0.25, -0.2) is 0 Å². The molecule has 0 atom stereocenters. The highest BCUT2D eigenvalue weighted by molar-refractivity contribution is 4.73. The lowest BCUT2D eigenvalue weighted by Crippen LogP contribution is -2.37. The Bertz CT molecular complexity index is 198. The van der Waals surface area contributed by atoms with Crippen LogP contribution < -0.4 is 5.32 Å². The van der Waals surface area contributed by atoms with Crippen molar-refractivity contribution in [3.63, 3.8) is 0 Å². The zero-order valence-corrected chi connectivity index (χ0v) is 11.9. The van der Waals surface area contributed by atoms with E-state index >= 15 is 0 Å². The minimum Gasteiger partial charge on any atom is -0.381 e. The van der Waals surface area contributed by atoms with Gasteiger partial charge in [-0.1, -0.05) is 27.7 Å². The molecule has 0 saturated carbocycles. The Labute approximate surface area is 106 Å². The highest BCUT2D eigenvalue weighted by Crippen LogP contribution is 2.18. The van der Waals surface area contributed by atoms with Gasteiger partial charge in [0.2, 0.25) is 0 Å². The van der Waals surface area contributed by atoms with Crippen LogP contribution in [-0.2, 0) is 9.47 Å². The zero-order chi connectivity index (χ0) is 12.7. The highest BCUT2D eigenvalue weighted by atomic mass is 16.5. The molecule has 0 aromatic rings. The van der Waals surface area contributed by atoms with Crippen molar-refractivity contribution >= 4 is 0 Å². The summed E-state index contributed by atoms with van der Waals surface area (Å²) in [4.78, 5) is 0. The van der Waals surface area contributed by atoms with Crippen LogP contribution in [-0.4, -0.2) is 39.0 Å². The molecule has 0 amide bonds. The summed E-state index contributed by atoms with van der Waals surface area (Å²) in [6.45, 7) is 13.7. The summed E-state index contributed by atoms with van der Waals surface area (Å²) in [6.07, 6.45) is 2.51. The molecule has 102 valence electrons. The van der Waals surface area contributed by atoms with Crippen LogP contribution >= 0.6 is 0 Å². The van der Waals surface area contributed by atoms with Gasteiger partial charge in [-0.3, -0.25) is 0 Å². The maximum atomic E-state index is 5.99. The smallest absolute Gasteiger partial charge is 0.0619 e. The molecule has 1 aliphatic rings. The lowest BCUT2D eigenvalue weighted by Gasteiger charge is -2.30. The summed E-state index contributed by atoms with van der Waals surface area (Å²) in [5.41, 5.74) is 0.215. The third-order valence-electron chi connectivity index (χ3n) is 3.03. The first-order chi connectivity index (χ1) is 7.99. The molecular weight excluding hydrogens is 214 g/mol. The number of hydrogen-bond donors (Lipinski definition) is 1. The fraction of sp³-hybridized carbons (Fsp3) is 1.00. The van der Waals surface area contributed by atoms with Gasteiger partial charge in [0.1, 0.15) is 0 Å². The van der Waals surface area contributed by atoms with E-state index in [9.17, 15) is 0 Å². The van der Waals surface area contributed by atoms with Gasteiger partial charge in [-0.15, -0.1) is 0 Å². The van der Waals surface area contributed by atoms with Crippen LogP contribution in [0, 0.1) is 11.3 Å². The second-order valence-corrected chi connectivity index (χ2v) is 6.31. The van der Waals surface area contributed by atoms with Gasteiger partial charge in [0, 0.05) is 25.2 Å². The molecule has 17 heavy (non-hydrogen) atoms. The Morgan fingerprint density at radius 2 is 1.94 bits per heavy atom. The van der Waals surface area contributed by atoms with Gasteiger partial charge in [-0.05, 0) is 25.3 Å². The van der Waals surface area contributed by atoms with Crippen LogP contribution in [0.3, 0.4) is 0 Å². The van der Waals surface area contributed by atoms with Gasteiger partial charge in [0.25, 0.3) is 0 Å². The molecule has 1 N–H and O–H groups in total. The van der Waals surface area contributed by atoms with E-state index < -0.39 is 0 Å². The Hall–Kier alpha value is -0.120. The Morgan fingerprint density at radius 3 is 2.53 bits per heavy atom. The fourth-order valence-corrected chi connectivity index (χ4v) is 1.94. The Morgan fingerprint density at radius 1 is 1.29 bits per heavy atom. The largest absolute Gasteiger partial charge is 0.381 e. The van der Waals surface area contributed by atoms with Crippen LogP contribution in [0.5, 0.6) is 0 Å². The van der Waals surface area contributed by atoms with Crippen molar-refractivity contribution in [2.24, 2.45) is 11.3 Å². The first kappa shape index (κ1) is 14.9. The standard InChI is InChI=1S/C14H29NO2/c1-12(2)9-15-10-14(3,4)11-17-13-5-7-16-8-6-13/h12-13,15H,5-11H2,1-4H3. The van der Waals surface area contributed by atoms with Crippen molar-refractivity contribution in [1.82, 2.24) is 5.32 Å². The molecule has 0 radical (unpaired) electrons. The Balaban J connectivity index is 2.14. The average molecular weight is 243 g/mol. The predicted molar refractivity (Wildman–Crippen MR) is 71.3 cm³/mol. The second kappa shape index (κ2) is 7.34. The number of rotatable bonds is 7. The first-order valence-corrected chi connectivity index (χ1v) is 6.90. The van der Waals surface area contributed by atoms with E-state index in [-0.39, 0.29) is 5.41 Å². The molecule has 1 aliphatic heterocycles. The van der Waals surface area contributed by atoms with E-state index in [1.807, 2.05) is 0 Å². The monoisotopic (exact) mass is 243 g/mol. The molecule has 0 aromatic heterocycles. The van der Waals surface area contributed by atoms with Crippen molar-refractivity contribution < 1.29 is 9.47 Å². The van der Waals surface area contributed by atoms with E-state index in [0.29, 0.717) is 12.0 Å². The molecule has 1 saturated heterocycles. The summed E-state index contributed by atoms with van der Waals surface area (Å²) in [5.74, 6) is 0.710. The molecular formula is C14H29NO2. The fourth-order valence-electron chi connectivity index (χ4n) is 1.94. The third kappa shape index (κ3) is 7.02. The molecule has 1 rings (SSSR count). The summed E-state index contributed by atoms with van der Waals surface area (Å²) in [7, 11) is 0. The maximum absolute atomic E-state index is 5.99. The summed E-state index contributed by atoms with van der Waals surface area (Å²) in [5, 5.41) is 3.51. The van der Waals surface area contributed by atoms with E-state index in [1.165, 1.54) is 0 Å². The van der Waals surface area contributed by atoms with Crippen molar-refractivity contribution in [2.75, 3.05) is 32.9 Å². The van der Waals surface area contributed by atoms with Gasteiger partial charge in [0.15, 0.2) is 0 Å². The Kier molecular flexibility index (Phi) is 6.45. The molecule has 0 aromatic carbocycles. The van der Waals surface area contributed by atoms with E-state index in [1.54, 1.807) is 0 Å².